The van der Waals surface area contributed by atoms with Gasteiger partial charge in [0.15, 0.2) is 0 Å². The number of para-hydroxylation sites is 2. The lowest BCUT2D eigenvalue weighted by Crippen LogP contribution is -2.15. The number of hydrogen-bond acceptors (Lipinski definition) is 2. The Hall–Kier alpha value is -7.17. The Morgan fingerprint density at radius 1 is 0.410 bits per heavy atom. The van der Waals surface area contributed by atoms with Crippen molar-refractivity contribution < 1.29 is 0 Å². The summed E-state index contributed by atoms with van der Waals surface area (Å²) in [5, 5.41) is 15.2. The van der Waals surface area contributed by atoms with E-state index in [4.69, 9.17) is 4.98 Å². The Morgan fingerprint density at radius 2 is 0.951 bits per heavy atom. The molecule has 13 aromatic rings. The van der Waals surface area contributed by atoms with E-state index < -0.39 is 0 Å². The number of rotatable bonds is 3. The topological polar surface area (TPSA) is 24.9 Å². The molecular weight excluding hydrogens is 741 g/mol. The van der Waals surface area contributed by atoms with E-state index in [2.05, 4.69) is 213 Å². The molecule has 0 atom stereocenters. The van der Waals surface area contributed by atoms with Crippen LogP contribution < -0.4 is 4.90 Å². The molecule has 0 unspecified atom stereocenters. The first-order valence-corrected chi connectivity index (χ1v) is 21.6. The maximum Gasteiger partial charge on any atom is 0.146 e. The van der Waals surface area contributed by atoms with Crippen LogP contribution in [-0.4, -0.2) is 13.8 Å². The molecule has 13 rings (SSSR count). The smallest absolute Gasteiger partial charge is 0.146 e. The van der Waals surface area contributed by atoms with E-state index in [0.29, 0.717) is 0 Å². The van der Waals surface area contributed by atoms with Gasteiger partial charge in [0, 0.05) is 54.5 Å². The molecule has 8 aromatic carbocycles. The van der Waals surface area contributed by atoms with E-state index in [0.717, 1.165) is 28.2 Å². The molecule has 0 aliphatic carbocycles. The Labute approximate surface area is 353 Å². The van der Waals surface area contributed by atoms with Crippen LogP contribution in [0.5, 0.6) is 0 Å². The monoisotopic (exact) mass is 784 g/mol. The van der Waals surface area contributed by atoms with Crippen LogP contribution in [0.25, 0.3) is 97.9 Å². The molecule has 0 radical (unpaired) electrons. The van der Waals surface area contributed by atoms with Crippen LogP contribution in [0.3, 0.4) is 0 Å². The summed E-state index contributed by atoms with van der Waals surface area (Å²) in [4.78, 5) is 8.02. The average Bonchev–Trinajstić information content (AvgIpc) is 3.98. The molecule has 5 aromatic heterocycles. The first-order chi connectivity index (χ1) is 29.5. The first kappa shape index (κ1) is 34.7. The summed E-state index contributed by atoms with van der Waals surface area (Å²) in [7, 11) is 0. The summed E-state index contributed by atoms with van der Waals surface area (Å²) in [6.07, 6.45) is 2.17. The lowest BCUT2D eigenvalue weighted by molar-refractivity contribution is 0.591. The van der Waals surface area contributed by atoms with E-state index in [9.17, 15) is 0 Å². The van der Waals surface area contributed by atoms with Crippen LogP contribution in [0.1, 0.15) is 52.7 Å². The molecule has 0 saturated carbocycles. The summed E-state index contributed by atoms with van der Waals surface area (Å²) in [5.41, 5.74) is 12.9. The third kappa shape index (κ3) is 4.62. The molecule has 4 heteroatoms. The number of benzene rings is 8. The minimum atomic E-state index is -0.0890. The number of nitrogens with zero attached hydrogens (tertiary/aromatic N) is 4. The molecule has 0 bridgehead atoms. The zero-order valence-corrected chi connectivity index (χ0v) is 35.3. The van der Waals surface area contributed by atoms with Crippen LogP contribution in [0.2, 0.25) is 0 Å². The van der Waals surface area contributed by atoms with Gasteiger partial charge in [0.1, 0.15) is 5.65 Å². The summed E-state index contributed by atoms with van der Waals surface area (Å²) >= 11 is 0. The Bertz CT molecular complexity index is 3890. The van der Waals surface area contributed by atoms with Crippen molar-refractivity contribution in [2.75, 3.05) is 4.90 Å². The van der Waals surface area contributed by atoms with E-state index in [-0.39, 0.29) is 10.8 Å². The van der Waals surface area contributed by atoms with Gasteiger partial charge in [-0.15, -0.1) is 0 Å². The van der Waals surface area contributed by atoms with Crippen molar-refractivity contribution in [2.24, 2.45) is 0 Å². The molecule has 0 aliphatic heterocycles. The molecule has 61 heavy (non-hydrogen) atoms. The molecule has 4 nitrogen and oxygen atoms in total. The van der Waals surface area contributed by atoms with Crippen molar-refractivity contribution in [3.8, 4) is 0 Å². The minimum Gasteiger partial charge on any atom is -0.308 e. The SMILES string of the molecule is CC(C)(C)c1cc(N(c2ccccc2)c2ccccc2)c2c(c1)c1cc(C(C)(C)C)cc3c4c5c6cc7ccccc7c7c8cc9ccccc9cc8n(c5ncc4n2c13)c67. The maximum atomic E-state index is 5.57. The van der Waals surface area contributed by atoms with E-state index in [1.807, 2.05) is 0 Å². The molecule has 5 heterocycles. The van der Waals surface area contributed by atoms with Crippen molar-refractivity contribution in [3.63, 3.8) is 0 Å². The minimum absolute atomic E-state index is 0.0819. The van der Waals surface area contributed by atoms with Gasteiger partial charge in [-0.1, -0.05) is 126 Å². The highest BCUT2D eigenvalue weighted by Crippen LogP contribution is 2.52. The van der Waals surface area contributed by atoms with E-state index >= 15 is 0 Å². The number of hydrogen-bond donors (Lipinski definition) is 0. The molecule has 0 N–H and O–H groups in total. The first-order valence-electron chi connectivity index (χ1n) is 21.6. The number of fused-ring (bicyclic) bond motifs is 16. The maximum absolute atomic E-state index is 5.57. The summed E-state index contributed by atoms with van der Waals surface area (Å²) in [5.74, 6) is 0. The Morgan fingerprint density at radius 3 is 1.62 bits per heavy atom. The van der Waals surface area contributed by atoms with Crippen molar-refractivity contribution in [1.82, 2.24) is 13.8 Å². The second-order valence-corrected chi connectivity index (χ2v) is 19.3. The number of pyridine rings is 1. The van der Waals surface area contributed by atoms with Gasteiger partial charge in [-0.05, 0) is 110 Å². The molecular formula is C57H44N4. The van der Waals surface area contributed by atoms with Gasteiger partial charge < -0.3 is 9.30 Å². The summed E-state index contributed by atoms with van der Waals surface area (Å²) in [6.45, 7) is 14.0. The van der Waals surface area contributed by atoms with Gasteiger partial charge in [0.25, 0.3) is 0 Å². The predicted octanol–water partition coefficient (Wildman–Crippen LogP) is 15.8. The average molecular weight is 785 g/mol. The van der Waals surface area contributed by atoms with Crippen LogP contribution in [0.4, 0.5) is 17.1 Å². The fourth-order valence-electron chi connectivity index (χ4n) is 10.6. The van der Waals surface area contributed by atoms with Crippen LogP contribution in [-0.2, 0) is 10.8 Å². The third-order valence-corrected chi connectivity index (χ3v) is 13.6. The quantitative estimate of drug-likeness (QED) is 0.178. The number of aromatic nitrogens is 3. The van der Waals surface area contributed by atoms with Crippen molar-refractivity contribution in [2.45, 2.75) is 52.4 Å². The molecule has 0 fully saturated rings. The summed E-state index contributed by atoms with van der Waals surface area (Å²) < 4.78 is 5.03. The Kier molecular flexibility index (Phi) is 6.69. The molecule has 0 aliphatic rings. The largest absolute Gasteiger partial charge is 0.308 e. The van der Waals surface area contributed by atoms with Gasteiger partial charge in [-0.2, -0.15) is 0 Å². The number of anilines is 3. The van der Waals surface area contributed by atoms with Gasteiger partial charge in [0.2, 0.25) is 0 Å². The molecule has 292 valence electrons. The summed E-state index contributed by atoms with van der Waals surface area (Å²) in [6, 6.07) is 56.5. The Balaban J connectivity index is 1.28. The van der Waals surface area contributed by atoms with Gasteiger partial charge in [-0.25, -0.2) is 4.98 Å². The van der Waals surface area contributed by atoms with Crippen molar-refractivity contribution in [1.29, 1.82) is 0 Å². The second kappa shape index (κ2) is 11.8. The van der Waals surface area contributed by atoms with Crippen LogP contribution >= 0.6 is 0 Å². The van der Waals surface area contributed by atoms with Gasteiger partial charge in [-0.3, -0.25) is 4.40 Å². The van der Waals surface area contributed by atoms with E-state index in [1.54, 1.807) is 0 Å². The fraction of sp³-hybridized carbons (Fsp3) is 0.140. The highest BCUT2D eigenvalue weighted by molar-refractivity contribution is 6.38. The van der Waals surface area contributed by atoms with Crippen LogP contribution in [0.15, 0.2) is 158 Å². The molecule has 0 saturated heterocycles. The second-order valence-electron chi connectivity index (χ2n) is 19.3. The standard InChI is InChI=1S/C57H44N4/c1-56(2,3)36-28-41-42-29-37(57(4,5)6)31-47(59(38-20-9-7-10-21-38)39-22-11-8-12-23-39)53(42)60-48-32-58-55-51(50(48)45(30-36)52(41)60)44-26-35-19-15-16-24-40(35)49-43-25-33-17-13-14-18-34(33)27-46(43)61(55)54(44)49/h7-32H,1-6H3. The van der Waals surface area contributed by atoms with Crippen molar-refractivity contribution in [3.05, 3.63) is 169 Å². The van der Waals surface area contributed by atoms with Crippen molar-refractivity contribution >= 4 is 115 Å². The third-order valence-electron chi connectivity index (χ3n) is 13.6. The predicted molar refractivity (Wildman–Crippen MR) is 261 cm³/mol. The van der Waals surface area contributed by atoms with Gasteiger partial charge >= 0.3 is 0 Å². The van der Waals surface area contributed by atoms with E-state index in [1.165, 1.54) is 97.8 Å². The molecule has 0 amide bonds. The lowest BCUT2D eigenvalue weighted by Gasteiger charge is -2.29. The lowest BCUT2D eigenvalue weighted by atomic mass is 9.84. The fourth-order valence-corrected chi connectivity index (χ4v) is 10.6. The zero-order valence-electron chi connectivity index (χ0n) is 35.3. The van der Waals surface area contributed by atoms with Gasteiger partial charge in [0.05, 0.1) is 39.5 Å². The zero-order chi connectivity index (χ0) is 41.1. The molecule has 0 spiro atoms. The highest BCUT2D eigenvalue weighted by atomic mass is 15.2. The van der Waals surface area contributed by atoms with Crippen LogP contribution in [0, 0.1) is 0 Å². The highest BCUT2D eigenvalue weighted by Gasteiger charge is 2.31. The normalized spacial score (nSPS) is 13.1.